The molecule has 6 heteroatoms. The first-order valence-electron chi connectivity index (χ1n) is 10.0. The highest BCUT2D eigenvalue weighted by Gasteiger charge is 2.26. The van der Waals surface area contributed by atoms with Crippen LogP contribution >= 0.6 is 0 Å². The van der Waals surface area contributed by atoms with Gasteiger partial charge in [0.15, 0.2) is 0 Å². The lowest BCUT2D eigenvalue weighted by Gasteiger charge is -2.14. The normalized spacial score (nSPS) is 11.7. The molecule has 0 aromatic heterocycles. The summed E-state index contributed by atoms with van der Waals surface area (Å²) >= 11 is 0. The largest absolute Gasteiger partial charge is 0.466 e. The van der Waals surface area contributed by atoms with E-state index in [1.807, 2.05) is 0 Å². The molecule has 0 N–H and O–H groups in total. The highest BCUT2D eigenvalue weighted by Crippen LogP contribution is 2.11. The second-order valence-corrected chi connectivity index (χ2v) is 6.46. The van der Waals surface area contributed by atoms with E-state index in [1.54, 1.807) is 6.92 Å². The molecule has 0 spiro atoms. The predicted octanol–water partition coefficient (Wildman–Crippen LogP) is 4.34. The standard InChI is InChI=1S/C20H36O6/c1-4-6-7-8-9-10-11-12-13-14-15-25-19(22)16-18(26-17(3)21)20(23)24-5-2/h18H,4-16H2,1-3H3. The highest BCUT2D eigenvalue weighted by molar-refractivity contribution is 5.84. The third kappa shape index (κ3) is 14.7. The monoisotopic (exact) mass is 372 g/mol. The van der Waals surface area contributed by atoms with Crippen molar-refractivity contribution in [3.8, 4) is 0 Å². The van der Waals surface area contributed by atoms with E-state index in [-0.39, 0.29) is 13.0 Å². The van der Waals surface area contributed by atoms with Crippen LogP contribution in [0.3, 0.4) is 0 Å². The van der Waals surface area contributed by atoms with Crippen LogP contribution in [0.1, 0.15) is 91.4 Å². The van der Waals surface area contributed by atoms with Crippen LogP contribution in [0.2, 0.25) is 0 Å². The number of hydrogen-bond donors (Lipinski definition) is 0. The van der Waals surface area contributed by atoms with Gasteiger partial charge in [0.2, 0.25) is 6.10 Å². The Balaban J connectivity index is 3.73. The lowest BCUT2D eigenvalue weighted by Crippen LogP contribution is -2.31. The predicted molar refractivity (Wildman–Crippen MR) is 99.6 cm³/mol. The van der Waals surface area contributed by atoms with Gasteiger partial charge in [-0.3, -0.25) is 9.59 Å². The second-order valence-electron chi connectivity index (χ2n) is 6.46. The minimum Gasteiger partial charge on any atom is -0.466 e. The van der Waals surface area contributed by atoms with E-state index in [4.69, 9.17) is 14.2 Å². The molecular formula is C20H36O6. The summed E-state index contributed by atoms with van der Waals surface area (Å²) in [5.41, 5.74) is 0. The molecule has 0 aromatic carbocycles. The van der Waals surface area contributed by atoms with E-state index in [0.717, 1.165) is 19.3 Å². The van der Waals surface area contributed by atoms with Crippen LogP contribution in [0, 0.1) is 0 Å². The Morgan fingerprint density at radius 1 is 0.769 bits per heavy atom. The van der Waals surface area contributed by atoms with Crippen molar-refractivity contribution in [1.29, 1.82) is 0 Å². The van der Waals surface area contributed by atoms with Gasteiger partial charge in [-0.1, -0.05) is 64.7 Å². The van der Waals surface area contributed by atoms with Gasteiger partial charge in [0.1, 0.15) is 0 Å². The molecule has 0 saturated carbocycles. The lowest BCUT2D eigenvalue weighted by molar-refractivity contribution is -0.170. The van der Waals surface area contributed by atoms with Crippen molar-refractivity contribution in [2.24, 2.45) is 0 Å². The van der Waals surface area contributed by atoms with Crippen LogP contribution < -0.4 is 0 Å². The second kappa shape index (κ2) is 16.9. The van der Waals surface area contributed by atoms with Crippen LogP contribution in [-0.4, -0.2) is 37.2 Å². The average Bonchev–Trinajstić information content (AvgIpc) is 2.59. The summed E-state index contributed by atoms with van der Waals surface area (Å²) in [4.78, 5) is 34.5. The maximum Gasteiger partial charge on any atom is 0.348 e. The Bertz CT molecular complexity index is 394. The van der Waals surface area contributed by atoms with Crippen LogP contribution in [0.15, 0.2) is 0 Å². The average molecular weight is 373 g/mol. The number of ether oxygens (including phenoxy) is 3. The minimum absolute atomic E-state index is 0.157. The van der Waals surface area contributed by atoms with Gasteiger partial charge in [-0.2, -0.15) is 0 Å². The molecule has 152 valence electrons. The summed E-state index contributed by atoms with van der Waals surface area (Å²) in [6.07, 6.45) is 10.5. The molecule has 0 fully saturated rings. The van der Waals surface area contributed by atoms with E-state index in [2.05, 4.69) is 6.92 Å². The highest BCUT2D eigenvalue weighted by atomic mass is 16.6. The molecule has 0 aliphatic rings. The molecule has 0 saturated heterocycles. The van der Waals surface area contributed by atoms with Crippen molar-refractivity contribution in [2.45, 2.75) is 97.5 Å². The van der Waals surface area contributed by atoms with Crippen molar-refractivity contribution in [1.82, 2.24) is 0 Å². The summed E-state index contributed by atoms with van der Waals surface area (Å²) in [7, 11) is 0. The number of esters is 3. The molecule has 1 atom stereocenters. The molecular weight excluding hydrogens is 336 g/mol. The van der Waals surface area contributed by atoms with Crippen LogP contribution in [-0.2, 0) is 28.6 Å². The van der Waals surface area contributed by atoms with Crippen LogP contribution in [0.25, 0.3) is 0 Å². The SMILES string of the molecule is CCCCCCCCCCCCOC(=O)CC(OC(C)=O)C(=O)OCC. The van der Waals surface area contributed by atoms with Crippen molar-refractivity contribution < 1.29 is 28.6 Å². The molecule has 0 radical (unpaired) electrons. The lowest BCUT2D eigenvalue weighted by atomic mass is 10.1. The van der Waals surface area contributed by atoms with Gasteiger partial charge in [0.25, 0.3) is 0 Å². The minimum atomic E-state index is -1.23. The zero-order chi connectivity index (χ0) is 19.6. The van der Waals surface area contributed by atoms with Crippen molar-refractivity contribution in [3.63, 3.8) is 0 Å². The summed E-state index contributed by atoms with van der Waals surface area (Å²) < 4.78 is 14.7. The number of unbranched alkanes of at least 4 members (excludes halogenated alkanes) is 9. The number of rotatable bonds is 16. The summed E-state index contributed by atoms with van der Waals surface area (Å²) in [5.74, 6) is -1.91. The van der Waals surface area contributed by atoms with Crippen molar-refractivity contribution in [3.05, 3.63) is 0 Å². The Kier molecular flexibility index (Phi) is 15.8. The van der Waals surface area contributed by atoms with Gasteiger partial charge in [-0.15, -0.1) is 0 Å². The molecule has 26 heavy (non-hydrogen) atoms. The molecule has 6 nitrogen and oxygen atoms in total. The smallest absolute Gasteiger partial charge is 0.348 e. The summed E-state index contributed by atoms with van der Waals surface area (Å²) in [6.45, 7) is 5.53. The van der Waals surface area contributed by atoms with Crippen molar-refractivity contribution >= 4 is 17.9 Å². The molecule has 0 rings (SSSR count). The molecule has 0 heterocycles. The number of hydrogen-bond acceptors (Lipinski definition) is 6. The Morgan fingerprint density at radius 3 is 1.81 bits per heavy atom. The first-order chi connectivity index (χ1) is 12.5. The van der Waals surface area contributed by atoms with Crippen molar-refractivity contribution in [2.75, 3.05) is 13.2 Å². The molecule has 0 amide bonds. The first-order valence-corrected chi connectivity index (χ1v) is 10.0. The van der Waals surface area contributed by atoms with E-state index in [0.29, 0.717) is 6.61 Å². The zero-order valence-corrected chi connectivity index (χ0v) is 16.7. The number of carbonyl (C=O) groups excluding carboxylic acids is 3. The van der Waals surface area contributed by atoms with E-state index in [9.17, 15) is 14.4 Å². The van der Waals surface area contributed by atoms with Crippen LogP contribution in [0.5, 0.6) is 0 Å². The third-order valence-electron chi connectivity index (χ3n) is 3.97. The first kappa shape index (κ1) is 24.4. The maximum atomic E-state index is 11.8. The molecule has 0 aliphatic heterocycles. The maximum absolute atomic E-state index is 11.8. The number of carbonyl (C=O) groups is 3. The summed E-state index contributed by atoms with van der Waals surface area (Å²) in [5, 5.41) is 0. The van der Waals surface area contributed by atoms with Gasteiger partial charge in [-0.05, 0) is 13.3 Å². The zero-order valence-electron chi connectivity index (χ0n) is 16.7. The Hall–Kier alpha value is -1.59. The third-order valence-corrected chi connectivity index (χ3v) is 3.97. The van der Waals surface area contributed by atoms with Gasteiger partial charge < -0.3 is 14.2 Å². The Labute approximate surface area is 157 Å². The fourth-order valence-electron chi connectivity index (χ4n) is 2.59. The molecule has 0 bridgehead atoms. The van der Waals surface area contributed by atoms with Gasteiger partial charge in [-0.25, -0.2) is 4.79 Å². The summed E-state index contributed by atoms with van der Waals surface area (Å²) in [6, 6.07) is 0. The Morgan fingerprint density at radius 2 is 1.31 bits per heavy atom. The topological polar surface area (TPSA) is 78.9 Å². The fraction of sp³-hybridized carbons (Fsp3) is 0.850. The van der Waals surface area contributed by atoms with Crippen LogP contribution in [0.4, 0.5) is 0 Å². The van der Waals surface area contributed by atoms with E-state index >= 15 is 0 Å². The fourth-order valence-corrected chi connectivity index (χ4v) is 2.59. The van der Waals surface area contributed by atoms with Gasteiger partial charge in [0, 0.05) is 6.92 Å². The van der Waals surface area contributed by atoms with Gasteiger partial charge in [0.05, 0.1) is 19.6 Å². The van der Waals surface area contributed by atoms with E-state index in [1.165, 1.54) is 51.9 Å². The molecule has 1 unspecified atom stereocenters. The quantitative estimate of drug-likeness (QED) is 0.228. The molecule has 0 aromatic rings. The van der Waals surface area contributed by atoms with E-state index < -0.39 is 24.0 Å². The van der Waals surface area contributed by atoms with Gasteiger partial charge >= 0.3 is 17.9 Å². The molecule has 0 aliphatic carbocycles.